The van der Waals surface area contributed by atoms with Crippen molar-refractivity contribution in [3.8, 4) is 0 Å². The molecule has 0 saturated carbocycles. The van der Waals surface area contributed by atoms with Crippen molar-refractivity contribution in [2.45, 2.75) is 38.1 Å². The van der Waals surface area contributed by atoms with Crippen LogP contribution in [0.25, 0.3) is 0 Å². The zero-order valence-electron chi connectivity index (χ0n) is 14.8. The van der Waals surface area contributed by atoms with Crippen LogP contribution in [0.1, 0.15) is 36.0 Å². The predicted octanol–water partition coefficient (Wildman–Crippen LogP) is 4.47. The minimum atomic E-state index is -0.223. The maximum absolute atomic E-state index is 12.3. The van der Waals surface area contributed by atoms with Gasteiger partial charge in [0.15, 0.2) is 0 Å². The monoisotopic (exact) mass is 336 g/mol. The van der Waals surface area contributed by atoms with Gasteiger partial charge in [0, 0.05) is 30.4 Å². The molecule has 0 fully saturated rings. The van der Waals surface area contributed by atoms with Crippen LogP contribution in [-0.4, -0.2) is 30.7 Å². The molecule has 0 aromatic heterocycles. The van der Waals surface area contributed by atoms with Gasteiger partial charge in [0.25, 0.3) is 0 Å². The lowest BCUT2D eigenvalue weighted by Gasteiger charge is -2.39. The summed E-state index contributed by atoms with van der Waals surface area (Å²) in [6.07, 6.45) is 2.67. The third-order valence-corrected chi connectivity index (χ3v) is 5.52. The summed E-state index contributed by atoms with van der Waals surface area (Å²) in [6.45, 7) is 2.26. The highest BCUT2D eigenvalue weighted by molar-refractivity contribution is 5.72. The van der Waals surface area contributed by atoms with Gasteiger partial charge in [-0.3, -0.25) is 0 Å². The first-order chi connectivity index (χ1) is 12.2. The fraction of sp³-hybridized carbons (Fsp3) is 0.381. The van der Waals surface area contributed by atoms with Crippen LogP contribution in [0.3, 0.4) is 0 Å². The number of fused-ring (bicyclic) bond motifs is 1. The first kappa shape index (κ1) is 16.0. The highest BCUT2D eigenvalue weighted by Crippen LogP contribution is 2.45. The molecule has 4 heteroatoms. The summed E-state index contributed by atoms with van der Waals surface area (Å²) >= 11 is 0. The summed E-state index contributed by atoms with van der Waals surface area (Å²) in [6, 6.07) is 15.1. The normalized spacial score (nSPS) is 20.6. The summed E-state index contributed by atoms with van der Waals surface area (Å²) in [4.78, 5) is 14.1. The summed E-state index contributed by atoms with van der Waals surface area (Å²) in [5.41, 5.74) is 6.42. The Labute approximate surface area is 148 Å². The molecule has 1 amide bonds. The summed E-state index contributed by atoms with van der Waals surface area (Å²) in [5.74, 6) is 0.283. The Bertz CT molecular complexity index is 802. The number of benzene rings is 2. The first-order valence-electron chi connectivity index (χ1n) is 9.05. The van der Waals surface area contributed by atoms with Gasteiger partial charge in [-0.2, -0.15) is 0 Å². The van der Waals surface area contributed by atoms with Crippen molar-refractivity contribution >= 4 is 17.5 Å². The highest BCUT2D eigenvalue weighted by atomic mass is 16.6. The molecule has 130 valence electrons. The van der Waals surface area contributed by atoms with E-state index in [0.717, 1.165) is 19.3 Å². The van der Waals surface area contributed by atoms with E-state index in [-0.39, 0.29) is 18.1 Å². The Hall–Kier alpha value is -2.49. The number of nitrogens with zero attached hydrogens (tertiary/aromatic N) is 1. The standard InChI is InChI=1S/C21H24N2O2/c1-3-25-21(24)23(2)19-12-11-14-8-6-10-18-20(14)16(19)13-15-7-4-5-9-17(15)22-18/h4-10,16,19,22H,3,11-13H2,1-2H3/t16-,19-/m0/s1. The van der Waals surface area contributed by atoms with Gasteiger partial charge in [-0.25, -0.2) is 4.79 Å². The van der Waals surface area contributed by atoms with Gasteiger partial charge in [-0.15, -0.1) is 0 Å². The minimum Gasteiger partial charge on any atom is -0.450 e. The molecule has 1 N–H and O–H groups in total. The molecule has 4 rings (SSSR count). The Morgan fingerprint density at radius 2 is 1.92 bits per heavy atom. The number of anilines is 2. The predicted molar refractivity (Wildman–Crippen MR) is 99.5 cm³/mol. The summed E-state index contributed by atoms with van der Waals surface area (Å²) in [7, 11) is 1.88. The van der Waals surface area contributed by atoms with Crippen molar-refractivity contribution in [3.63, 3.8) is 0 Å². The number of hydrogen-bond donors (Lipinski definition) is 1. The molecule has 25 heavy (non-hydrogen) atoms. The average molecular weight is 336 g/mol. The molecule has 0 spiro atoms. The lowest BCUT2D eigenvalue weighted by Crippen LogP contribution is -2.44. The molecule has 0 saturated heterocycles. The topological polar surface area (TPSA) is 41.6 Å². The maximum Gasteiger partial charge on any atom is 0.409 e. The number of carbonyl (C=O) groups excluding carboxylic acids is 1. The Kier molecular flexibility index (Phi) is 4.12. The maximum atomic E-state index is 12.3. The molecule has 1 aliphatic carbocycles. The summed E-state index contributed by atoms with van der Waals surface area (Å²) in [5, 5.41) is 3.62. The van der Waals surface area contributed by atoms with Crippen molar-refractivity contribution < 1.29 is 9.53 Å². The van der Waals surface area contributed by atoms with Gasteiger partial charge in [-0.1, -0.05) is 30.3 Å². The van der Waals surface area contributed by atoms with Crippen LogP contribution in [0.2, 0.25) is 0 Å². The van der Waals surface area contributed by atoms with Crippen molar-refractivity contribution in [1.29, 1.82) is 0 Å². The van der Waals surface area contributed by atoms with E-state index in [1.54, 1.807) is 0 Å². The van der Waals surface area contributed by atoms with Crippen LogP contribution in [0.15, 0.2) is 42.5 Å². The van der Waals surface area contributed by atoms with E-state index in [2.05, 4.69) is 47.8 Å². The molecule has 0 bridgehead atoms. The van der Waals surface area contributed by atoms with Crippen molar-refractivity contribution in [3.05, 3.63) is 59.2 Å². The molecule has 2 aromatic rings. The molecule has 0 radical (unpaired) electrons. The second-order valence-electron chi connectivity index (χ2n) is 6.89. The molecule has 4 nitrogen and oxygen atoms in total. The van der Waals surface area contributed by atoms with Crippen molar-refractivity contribution in [2.75, 3.05) is 19.0 Å². The zero-order chi connectivity index (χ0) is 17.4. The van der Waals surface area contributed by atoms with E-state index in [4.69, 9.17) is 4.74 Å². The quantitative estimate of drug-likeness (QED) is 0.879. The van der Waals surface area contributed by atoms with Crippen LogP contribution in [0.4, 0.5) is 16.2 Å². The second kappa shape index (κ2) is 6.43. The number of likely N-dealkylation sites (N-methyl/N-ethyl adjacent to an activating group) is 1. The number of carbonyl (C=O) groups is 1. The SMILES string of the molecule is CCOC(=O)N(C)[C@H]1CCc2cccc3c2[C@H]1Cc1ccccc1N3. The van der Waals surface area contributed by atoms with E-state index >= 15 is 0 Å². The summed E-state index contributed by atoms with van der Waals surface area (Å²) < 4.78 is 5.26. The Balaban J connectivity index is 1.78. The molecule has 2 atom stereocenters. The van der Waals surface area contributed by atoms with Gasteiger partial charge in [-0.05, 0) is 55.0 Å². The van der Waals surface area contributed by atoms with Crippen molar-refractivity contribution in [2.24, 2.45) is 0 Å². The van der Waals surface area contributed by atoms with E-state index in [9.17, 15) is 4.79 Å². The van der Waals surface area contributed by atoms with Crippen molar-refractivity contribution in [1.82, 2.24) is 4.90 Å². The van der Waals surface area contributed by atoms with Crippen LogP contribution >= 0.6 is 0 Å². The first-order valence-corrected chi connectivity index (χ1v) is 9.05. The van der Waals surface area contributed by atoms with Crippen LogP contribution in [-0.2, 0) is 17.6 Å². The van der Waals surface area contributed by atoms with Gasteiger partial charge < -0.3 is 15.0 Å². The fourth-order valence-electron chi connectivity index (χ4n) is 4.34. The molecule has 1 aliphatic heterocycles. The van der Waals surface area contributed by atoms with E-state index in [1.165, 1.54) is 28.1 Å². The van der Waals surface area contributed by atoms with Crippen LogP contribution in [0, 0.1) is 0 Å². The fourth-order valence-corrected chi connectivity index (χ4v) is 4.34. The molecule has 2 aliphatic rings. The third-order valence-electron chi connectivity index (χ3n) is 5.52. The number of nitrogens with one attached hydrogen (secondary N) is 1. The van der Waals surface area contributed by atoms with E-state index in [1.807, 2.05) is 18.9 Å². The Morgan fingerprint density at radius 3 is 2.76 bits per heavy atom. The molecule has 1 heterocycles. The van der Waals surface area contributed by atoms with Gasteiger partial charge in [0.2, 0.25) is 0 Å². The number of hydrogen-bond acceptors (Lipinski definition) is 3. The molecule has 0 unspecified atom stereocenters. The molecular weight excluding hydrogens is 312 g/mol. The average Bonchev–Trinajstić information content (AvgIpc) is 2.79. The smallest absolute Gasteiger partial charge is 0.409 e. The lowest BCUT2D eigenvalue weighted by atomic mass is 9.75. The number of ether oxygens (including phenoxy) is 1. The number of amides is 1. The number of aryl methyl sites for hydroxylation is 1. The van der Waals surface area contributed by atoms with Crippen LogP contribution < -0.4 is 5.32 Å². The minimum absolute atomic E-state index is 0.153. The zero-order valence-corrected chi connectivity index (χ0v) is 14.8. The number of para-hydroxylation sites is 1. The molecular formula is C21H24N2O2. The highest BCUT2D eigenvalue weighted by Gasteiger charge is 2.37. The second-order valence-corrected chi connectivity index (χ2v) is 6.89. The number of rotatable bonds is 2. The Morgan fingerprint density at radius 1 is 1.16 bits per heavy atom. The third kappa shape index (κ3) is 2.76. The molecule has 2 aromatic carbocycles. The van der Waals surface area contributed by atoms with Gasteiger partial charge >= 0.3 is 6.09 Å². The van der Waals surface area contributed by atoms with Crippen LogP contribution in [0.5, 0.6) is 0 Å². The largest absolute Gasteiger partial charge is 0.450 e. The van der Waals surface area contributed by atoms with E-state index < -0.39 is 0 Å². The lowest BCUT2D eigenvalue weighted by molar-refractivity contribution is 0.0920. The van der Waals surface area contributed by atoms with E-state index in [0.29, 0.717) is 6.61 Å². The van der Waals surface area contributed by atoms with Gasteiger partial charge in [0.1, 0.15) is 0 Å². The van der Waals surface area contributed by atoms with Gasteiger partial charge in [0.05, 0.1) is 6.61 Å².